The second-order valence-electron chi connectivity index (χ2n) is 5.47. The number of likely N-dealkylation sites (tertiary alicyclic amines) is 1. The van der Waals surface area contributed by atoms with Crippen LogP contribution in [0.15, 0.2) is 0 Å². The van der Waals surface area contributed by atoms with Gasteiger partial charge in [0.25, 0.3) is 0 Å². The minimum Gasteiger partial charge on any atom is -0.346 e. The molecule has 3 fully saturated rings. The van der Waals surface area contributed by atoms with Crippen molar-refractivity contribution < 1.29 is 9.47 Å². The predicted molar refractivity (Wildman–Crippen MR) is 62.3 cm³/mol. The van der Waals surface area contributed by atoms with Gasteiger partial charge in [0.1, 0.15) is 0 Å². The van der Waals surface area contributed by atoms with Crippen molar-refractivity contribution in [2.45, 2.75) is 56.8 Å². The van der Waals surface area contributed by atoms with Crippen LogP contribution >= 0.6 is 0 Å². The van der Waals surface area contributed by atoms with Crippen LogP contribution in [0.5, 0.6) is 0 Å². The molecule has 3 heteroatoms. The molecule has 0 unspecified atom stereocenters. The van der Waals surface area contributed by atoms with Gasteiger partial charge in [0.15, 0.2) is 5.79 Å². The van der Waals surface area contributed by atoms with Crippen LogP contribution in [-0.4, -0.2) is 43.0 Å². The molecule has 0 aromatic heterocycles. The van der Waals surface area contributed by atoms with Crippen LogP contribution in [0.25, 0.3) is 0 Å². The predicted octanol–water partition coefficient (Wildman–Crippen LogP) is 2.16. The number of ether oxygens (including phenoxy) is 2. The molecule has 0 atom stereocenters. The fourth-order valence-electron chi connectivity index (χ4n) is 3.51. The summed E-state index contributed by atoms with van der Waals surface area (Å²) in [6, 6.07) is 0.804. The van der Waals surface area contributed by atoms with E-state index in [-0.39, 0.29) is 5.79 Å². The summed E-state index contributed by atoms with van der Waals surface area (Å²) in [5, 5.41) is 0. The van der Waals surface area contributed by atoms with E-state index in [1.54, 1.807) is 0 Å². The van der Waals surface area contributed by atoms with Gasteiger partial charge in [-0.3, -0.25) is 4.90 Å². The Morgan fingerprint density at radius 1 is 0.938 bits per heavy atom. The molecule has 0 amide bonds. The quantitative estimate of drug-likeness (QED) is 0.682. The minimum atomic E-state index is -0.226. The third-order valence-corrected chi connectivity index (χ3v) is 4.35. The Labute approximate surface area is 98.1 Å². The third-order valence-electron chi connectivity index (χ3n) is 4.35. The first kappa shape index (κ1) is 11.0. The van der Waals surface area contributed by atoms with Gasteiger partial charge in [-0.15, -0.1) is 0 Å². The van der Waals surface area contributed by atoms with Crippen molar-refractivity contribution in [3.8, 4) is 0 Å². The van der Waals surface area contributed by atoms with E-state index in [2.05, 4.69) is 4.90 Å². The SMILES string of the molecule is C1CCC(N2CCCC3(C2)OCCO3)CC1. The molecule has 3 rings (SSSR count). The van der Waals surface area contributed by atoms with E-state index in [1.165, 1.54) is 45.1 Å². The molecule has 2 heterocycles. The Morgan fingerprint density at radius 3 is 2.44 bits per heavy atom. The molecule has 1 aliphatic carbocycles. The number of hydrogen-bond acceptors (Lipinski definition) is 3. The molecular weight excluding hydrogens is 202 g/mol. The Hall–Kier alpha value is -0.120. The van der Waals surface area contributed by atoms with Crippen LogP contribution in [0.2, 0.25) is 0 Å². The molecule has 16 heavy (non-hydrogen) atoms. The van der Waals surface area contributed by atoms with Crippen molar-refractivity contribution in [1.82, 2.24) is 4.90 Å². The molecule has 3 nitrogen and oxygen atoms in total. The Bertz CT molecular complexity index is 232. The van der Waals surface area contributed by atoms with Crippen LogP contribution in [0.4, 0.5) is 0 Å². The van der Waals surface area contributed by atoms with Crippen LogP contribution in [0.3, 0.4) is 0 Å². The topological polar surface area (TPSA) is 21.7 Å². The summed E-state index contributed by atoms with van der Waals surface area (Å²) in [4.78, 5) is 2.63. The van der Waals surface area contributed by atoms with Crippen molar-refractivity contribution in [2.24, 2.45) is 0 Å². The zero-order chi connectivity index (χ0) is 10.8. The van der Waals surface area contributed by atoms with E-state index in [0.717, 1.165) is 32.2 Å². The average molecular weight is 225 g/mol. The molecule has 0 aromatic carbocycles. The van der Waals surface area contributed by atoms with Crippen molar-refractivity contribution in [1.29, 1.82) is 0 Å². The van der Waals surface area contributed by atoms with Crippen molar-refractivity contribution in [3.63, 3.8) is 0 Å². The normalized spacial score (nSPS) is 32.2. The first-order chi connectivity index (χ1) is 7.88. The van der Waals surface area contributed by atoms with E-state index < -0.39 is 0 Å². The summed E-state index contributed by atoms with van der Waals surface area (Å²) < 4.78 is 11.7. The number of hydrogen-bond donors (Lipinski definition) is 0. The lowest BCUT2D eigenvalue weighted by Gasteiger charge is -2.43. The average Bonchev–Trinajstić information content (AvgIpc) is 2.78. The summed E-state index contributed by atoms with van der Waals surface area (Å²) >= 11 is 0. The first-order valence-electron chi connectivity index (χ1n) is 6.90. The molecule has 0 bridgehead atoms. The molecule has 1 saturated carbocycles. The molecule has 2 aliphatic heterocycles. The summed E-state index contributed by atoms with van der Waals surface area (Å²) in [5.74, 6) is -0.226. The maximum atomic E-state index is 5.84. The van der Waals surface area contributed by atoms with Gasteiger partial charge in [-0.1, -0.05) is 19.3 Å². The fraction of sp³-hybridized carbons (Fsp3) is 1.00. The van der Waals surface area contributed by atoms with Gasteiger partial charge in [-0.05, 0) is 25.8 Å². The highest BCUT2D eigenvalue weighted by Crippen LogP contribution is 2.33. The molecule has 0 radical (unpaired) electrons. The maximum Gasteiger partial charge on any atom is 0.181 e. The van der Waals surface area contributed by atoms with Gasteiger partial charge in [-0.2, -0.15) is 0 Å². The van der Waals surface area contributed by atoms with Crippen LogP contribution in [0.1, 0.15) is 44.9 Å². The van der Waals surface area contributed by atoms with Gasteiger partial charge in [0.05, 0.1) is 19.8 Å². The van der Waals surface area contributed by atoms with Crippen LogP contribution in [0, 0.1) is 0 Å². The lowest BCUT2D eigenvalue weighted by atomic mass is 9.92. The molecule has 0 N–H and O–H groups in total. The summed E-state index contributed by atoms with van der Waals surface area (Å²) in [5.41, 5.74) is 0. The lowest BCUT2D eigenvalue weighted by molar-refractivity contribution is -0.194. The number of piperidine rings is 1. The Kier molecular flexibility index (Phi) is 3.18. The van der Waals surface area contributed by atoms with E-state index in [0.29, 0.717) is 0 Å². The van der Waals surface area contributed by atoms with E-state index in [1.807, 2.05) is 0 Å². The van der Waals surface area contributed by atoms with Gasteiger partial charge in [-0.25, -0.2) is 0 Å². The smallest absolute Gasteiger partial charge is 0.181 e. The van der Waals surface area contributed by atoms with Crippen molar-refractivity contribution >= 4 is 0 Å². The standard InChI is InChI=1S/C13H23NO2/c1-2-5-12(6-3-1)14-8-4-7-13(11-14)15-9-10-16-13/h12H,1-11H2. The zero-order valence-electron chi connectivity index (χ0n) is 10.1. The minimum absolute atomic E-state index is 0.226. The van der Waals surface area contributed by atoms with Crippen LogP contribution < -0.4 is 0 Å². The van der Waals surface area contributed by atoms with E-state index >= 15 is 0 Å². The Balaban J connectivity index is 1.62. The summed E-state index contributed by atoms with van der Waals surface area (Å²) in [6.45, 7) is 3.84. The highest BCUT2D eigenvalue weighted by Gasteiger charge is 2.42. The fourth-order valence-corrected chi connectivity index (χ4v) is 3.51. The number of rotatable bonds is 1. The maximum absolute atomic E-state index is 5.84. The van der Waals surface area contributed by atoms with Gasteiger partial charge >= 0.3 is 0 Å². The van der Waals surface area contributed by atoms with Gasteiger partial charge < -0.3 is 9.47 Å². The van der Waals surface area contributed by atoms with Gasteiger partial charge in [0, 0.05) is 12.5 Å². The van der Waals surface area contributed by atoms with Gasteiger partial charge in [0.2, 0.25) is 0 Å². The van der Waals surface area contributed by atoms with E-state index in [4.69, 9.17) is 9.47 Å². The largest absolute Gasteiger partial charge is 0.346 e. The molecule has 3 aliphatic rings. The highest BCUT2D eigenvalue weighted by atomic mass is 16.7. The molecule has 0 aromatic rings. The molecule has 2 saturated heterocycles. The second kappa shape index (κ2) is 4.63. The molecular formula is C13H23NO2. The second-order valence-corrected chi connectivity index (χ2v) is 5.47. The summed E-state index contributed by atoms with van der Waals surface area (Å²) in [7, 11) is 0. The third kappa shape index (κ3) is 2.13. The Morgan fingerprint density at radius 2 is 1.69 bits per heavy atom. The lowest BCUT2D eigenvalue weighted by Crippen LogP contribution is -2.52. The summed E-state index contributed by atoms with van der Waals surface area (Å²) in [6.07, 6.45) is 9.35. The zero-order valence-corrected chi connectivity index (χ0v) is 10.1. The van der Waals surface area contributed by atoms with E-state index in [9.17, 15) is 0 Å². The molecule has 1 spiro atoms. The van der Waals surface area contributed by atoms with Crippen molar-refractivity contribution in [3.05, 3.63) is 0 Å². The monoisotopic (exact) mass is 225 g/mol. The number of nitrogens with zero attached hydrogens (tertiary/aromatic N) is 1. The first-order valence-corrected chi connectivity index (χ1v) is 6.90. The van der Waals surface area contributed by atoms with Crippen LogP contribution in [-0.2, 0) is 9.47 Å². The molecule has 92 valence electrons. The highest BCUT2D eigenvalue weighted by molar-refractivity contribution is 4.88. The van der Waals surface area contributed by atoms with Crippen molar-refractivity contribution in [2.75, 3.05) is 26.3 Å².